The third kappa shape index (κ3) is 4.77. The lowest BCUT2D eigenvalue weighted by molar-refractivity contribution is 0.664. The van der Waals surface area contributed by atoms with Gasteiger partial charge < -0.3 is 10.3 Å². The summed E-state index contributed by atoms with van der Waals surface area (Å²) in [6, 6.07) is 58.3. The molecule has 3 heteroatoms. The van der Waals surface area contributed by atoms with Gasteiger partial charge in [0, 0.05) is 38.7 Å². The summed E-state index contributed by atoms with van der Waals surface area (Å²) in [6.45, 7) is 5.27. The number of fused-ring (bicyclic) bond motifs is 7. The van der Waals surface area contributed by atoms with Crippen LogP contribution in [0.15, 0.2) is 169 Å². The van der Waals surface area contributed by atoms with Gasteiger partial charge in [0.05, 0.1) is 23.3 Å². The first-order valence-corrected chi connectivity index (χ1v) is 17.3. The van der Waals surface area contributed by atoms with Crippen molar-refractivity contribution in [3.63, 3.8) is 0 Å². The first kappa shape index (κ1) is 29.9. The van der Waals surface area contributed by atoms with Gasteiger partial charge in [-0.3, -0.25) is 4.99 Å². The Balaban J connectivity index is 1.12. The third-order valence-electron chi connectivity index (χ3n) is 10.4. The van der Waals surface area contributed by atoms with Crippen LogP contribution in [0.25, 0.3) is 49.7 Å². The van der Waals surface area contributed by atoms with Gasteiger partial charge in [-0.05, 0) is 63.2 Å². The minimum atomic E-state index is -0.124. The van der Waals surface area contributed by atoms with E-state index in [-0.39, 0.29) is 5.41 Å². The van der Waals surface area contributed by atoms with Crippen LogP contribution in [0.1, 0.15) is 41.7 Å². The van der Waals surface area contributed by atoms with E-state index in [4.69, 9.17) is 10.7 Å². The van der Waals surface area contributed by atoms with Gasteiger partial charge in [-0.1, -0.05) is 153 Å². The predicted octanol–water partition coefficient (Wildman–Crippen LogP) is 11.4. The highest BCUT2D eigenvalue weighted by Gasteiger charge is 2.38. The number of benzene rings is 7. The molecular weight excluding hydrogens is 607 g/mol. The van der Waals surface area contributed by atoms with Crippen LogP contribution in [-0.4, -0.2) is 10.3 Å². The fraction of sp³-hybridized carbons (Fsp3) is 0.0851. The standard InChI is InChI=1S/C47H37N3/c1-47(2)41-17-9-6-14-36(41)38-28-29-39-37-15-8-11-19-43(37)50(46(39)44(38)47)35-26-20-31(21-27-35)30-49-45(40-16-7-10-18-42(40)48)34-24-22-33(23-25-34)32-12-4-3-5-13-32/h3-29H,30,48H2,1-2H3. The molecule has 0 fully saturated rings. The molecule has 9 rings (SSSR count). The fourth-order valence-electron chi connectivity index (χ4n) is 8.00. The van der Waals surface area contributed by atoms with E-state index in [2.05, 4.69) is 158 Å². The van der Waals surface area contributed by atoms with Gasteiger partial charge in [0.1, 0.15) is 0 Å². The van der Waals surface area contributed by atoms with Crippen molar-refractivity contribution >= 4 is 33.2 Å². The number of aliphatic imine (C=N–C) groups is 1. The monoisotopic (exact) mass is 643 g/mol. The first-order valence-electron chi connectivity index (χ1n) is 17.3. The quantitative estimate of drug-likeness (QED) is 0.142. The molecule has 0 spiro atoms. The van der Waals surface area contributed by atoms with E-state index in [9.17, 15) is 0 Å². The van der Waals surface area contributed by atoms with E-state index < -0.39 is 0 Å². The molecule has 0 radical (unpaired) electrons. The summed E-state index contributed by atoms with van der Waals surface area (Å²) in [5.74, 6) is 0. The van der Waals surface area contributed by atoms with Gasteiger partial charge in [0.2, 0.25) is 0 Å². The summed E-state index contributed by atoms with van der Waals surface area (Å²) in [7, 11) is 0. The Labute approximate surface area is 293 Å². The lowest BCUT2D eigenvalue weighted by Gasteiger charge is -2.23. The minimum Gasteiger partial charge on any atom is -0.398 e. The van der Waals surface area contributed by atoms with Crippen LogP contribution in [0.3, 0.4) is 0 Å². The number of hydrogen-bond donors (Lipinski definition) is 1. The second-order valence-corrected chi connectivity index (χ2v) is 13.8. The topological polar surface area (TPSA) is 43.3 Å². The summed E-state index contributed by atoms with van der Waals surface area (Å²) in [5.41, 5.74) is 22.6. The fourth-order valence-corrected chi connectivity index (χ4v) is 8.00. The second kappa shape index (κ2) is 11.7. The number of anilines is 1. The molecule has 50 heavy (non-hydrogen) atoms. The SMILES string of the molecule is CC1(C)c2ccccc2-c2ccc3c4ccccc4n(-c4ccc(CN=C(c5ccc(-c6ccccc6)cc5)c5ccccc5N)cc4)c3c21. The van der Waals surface area contributed by atoms with Gasteiger partial charge in [-0.25, -0.2) is 0 Å². The Morgan fingerprint density at radius 1 is 0.600 bits per heavy atom. The van der Waals surface area contributed by atoms with Crippen LogP contribution in [-0.2, 0) is 12.0 Å². The minimum absolute atomic E-state index is 0.124. The first-order chi connectivity index (χ1) is 24.5. The van der Waals surface area contributed by atoms with Gasteiger partial charge in [-0.15, -0.1) is 0 Å². The molecule has 0 atom stereocenters. The highest BCUT2D eigenvalue weighted by Crippen LogP contribution is 2.52. The molecule has 0 aliphatic heterocycles. The molecular formula is C47H37N3. The average Bonchev–Trinajstić information content (AvgIpc) is 3.62. The summed E-state index contributed by atoms with van der Waals surface area (Å²) >= 11 is 0. The molecule has 0 bridgehead atoms. The van der Waals surface area contributed by atoms with Gasteiger partial charge in [0.25, 0.3) is 0 Å². The molecule has 0 unspecified atom stereocenters. The van der Waals surface area contributed by atoms with Crippen LogP contribution in [0, 0.1) is 0 Å². The smallest absolute Gasteiger partial charge is 0.0743 e. The Morgan fingerprint density at radius 2 is 1.28 bits per heavy atom. The summed E-state index contributed by atoms with van der Waals surface area (Å²) in [6.07, 6.45) is 0. The van der Waals surface area contributed by atoms with E-state index in [1.807, 2.05) is 24.3 Å². The van der Waals surface area contributed by atoms with E-state index in [1.165, 1.54) is 55.2 Å². The van der Waals surface area contributed by atoms with Crippen LogP contribution in [0.2, 0.25) is 0 Å². The number of rotatable bonds is 6. The number of nitrogens with two attached hydrogens (primary N) is 1. The lowest BCUT2D eigenvalue weighted by Crippen LogP contribution is -2.16. The average molecular weight is 644 g/mol. The van der Waals surface area contributed by atoms with Gasteiger partial charge in [-0.2, -0.15) is 0 Å². The second-order valence-electron chi connectivity index (χ2n) is 13.8. The molecule has 1 heterocycles. The number of nitrogen functional groups attached to an aromatic ring is 1. The van der Waals surface area contributed by atoms with Crippen LogP contribution < -0.4 is 5.73 Å². The molecule has 1 aliphatic carbocycles. The molecule has 240 valence electrons. The third-order valence-corrected chi connectivity index (χ3v) is 10.4. The molecule has 0 saturated carbocycles. The molecule has 0 amide bonds. The molecule has 1 aliphatic rings. The maximum atomic E-state index is 6.52. The van der Waals surface area contributed by atoms with E-state index >= 15 is 0 Å². The molecule has 8 aromatic rings. The Hall–Kier alpha value is -6.19. The maximum Gasteiger partial charge on any atom is 0.0743 e. The van der Waals surface area contributed by atoms with Crippen LogP contribution in [0.4, 0.5) is 5.69 Å². The van der Waals surface area contributed by atoms with Crippen molar-refractivity contribution < 1.29 is 0 Å². The summed E-state index contributed by atoms with van der Waals surface area (Å²) < 4.78 is 2.47. The molecule has 0 saturated heterocycles. The normalized spacial score (nSPS) is 13.4. The zero-order valence-corrected chi connectivity index (χ0v) is 28.3. The van der Waals surface area contributed by atoms with Crippen molar-refractivity contribution in [1.29, 1.82) is 0 Å². The lowest BCUT2D eigenvalue weighted by atomic mass is 9.81. The number of hydrogen-bond acceptors (Lipinski definition) is 2. The number of nitrogens with zero attached hydrogens (tertiary/aromatic N) is 2. The van der Waals surface area contributed by atoms with Crippen molar-refractivity contribution in [2.75, 3.05) is 5.73 Å². The highest BCUT2D eigenvalue weighted by molar-refractivity contribution is 6.16. The van der Waals surface area contributed by atoms with Crippen molar-refractivity contribution in [2.45, 2.75) is 25.8 Å². The Morgan fingerprint density at radius 3 is 2.08 bits per heavy atom. The number of para-hydroxylation sites is 2. The maximum absolute atomic E-state index is 6.52. The molecule has 3 nitrogen and oxygen atoms in total. The molecule has 1 aromatic heterocycles. The predicted molar refractivity (Wildman–Crippen MR) is 210 cm³/mol. The Kier molecular flexibility index (Phi) is 7.03. The summed E-state index contributed by atoms with van der Waals surface area (Å²) in [4.78, 5) is 5.21. The zero-order chi connectivity index (χ0) is 33.8. The van der Waals surface area contributed by atoms with E-state index in [0.717, 1.165) is 33.8 Å². The number of aromatic nitrogens is 1. The molecule has 7 aromatic carbocycles. The van der Waals surface area contributed by atoms with Crippen molar-refractivity contribution in [3.8, 4) is 27.9 Å². The largest absolute Gasteiger partial charge is 0.398 e. The van der Waals surface area contributed by atoms with Gasteiger partial charge in [0.15, 0.2) is 0 Å². The zero-order valence-electron chi connectivity index (χ0n) is 28.3. The van der Waals surface area contributed by atoms with Gasteiger partial charge >= 0.3 is 0 Å². The molecule has 2 N–H and O–H groups in total. The van der Waals surface area contributed by atoms with Crippen LogP contribution in [0.5, 0.6) is 0 Å². The summed E-state index contributed by atoms with van der Waals surface area (Å²) in [5, 5.41) is 2.56. The van der Waals surface area contributed by atoms with Crippen LogP contribution >= 0.6 is 0 Å². The van der Waals surface area contributed by atoms with Crippen molar-refractivity contribution in [2.24, 2.45) is 4.99 Å². The van der Waals surface area contributed by atoms with E-state index in [0.29, 0.717) is 6.54 Å². The van der Waals surface area contributed by atoms with E-state index in [1.54, 1.807) is 0 Å². The highest BCUT2D eigenvalue weighted by atomic mass is 15.0. The van der Waals surface area contributed by atoms with Crippen molar-refractivity contribution in [3.05, 3.63) is 192 Å². The van der Waals surface area contributed by atoms with Crippen molar-refractivity contribution in [1.82, 2.24) is 4.57 Å². The Bertz CT molecular complexity index is 2570.